The number of thiophene rings is 2. The Labute approximate surface area is 158 Å². The van der Waals surface area contributed by atoms with Gasteiger partial charge in [-0.3, -0.25) is 5.32 Å². The van der Waals surface area contributed by atoms with E-state index in [2.05, 4.69) is 37.2 Å². The molecule has 0 aliphatic rings. The molecule has 23 heavy (non-hydrogen) atoms. The SMILES string of the molecule is CC(C)(C)OC(=O)Nc1ccsc1Br.O=C(O)c1ccsc1Br. The number of carboxylic acids is 1. The van der Waals surface area contributed by atoms with Gasteiger partial charge in [-0.15, -0.1) is 22.7 Å². The highest BCUT2D eigenvalue weighted by atomic mass is 79.9. The predicted octanol–water partition coefficient (Wildman–Crippen LogP) is 6.07. The van der Waals surface area contributed by atoms with Crippen LogP contribution in [0.25, 0.3) is 0 Å². The van der Waals surface area contributed by atoms with Gasteiger partial charge in [0.15, 0.2) is 0 Å². The summed E-state index contributed by atoms with van der Waals surface area (Å²) < 4.78 is 6.67. The third-order valence-electron chi connectivity index (χ3n) is 2.10. The maximum Gasteiger partial charge on any atom is 0.412 e. The van der Waals surface area contributed by atoms with E-state index in [1.54, 1.807) is 11.4 Å². The quantitative estimate of drug-likeness (QED) is 0.542. The molecule has 0 spiro atoms. The molecule has 0 aromatic carbocycles. The van der Waals surface area contributed by atoms with Crippen molar-refractivity contribution in [1.29, 1.82) is 0 Å². The Hall–Kier alpha value is -0.900. The Morgan fingerprint density at radius 1 is 1.13 bits per heavy atom. The number of hydrogen-bond donors (Lipinski definition) is 2. The second kappa shape index (κ2) is 8.81. The summed E-state index contributed by atoms with van der Waals surface area (Å²) in [5.74, 6) is -0.886. The molecule has 2 N–H and O–H groups in total. The first-order chi connectivity index (χ1) is 10.6. The van der Waals surface area contributed by atoms with Crippen molar-refractivity contribution in [2.24, 2.45) is 0 Å². The number of rotatable bonds is 2. The summed E-state index contributed by atoms with van der Waals surface area (Å²) >= 11 is 9.31. The van der Waals surface area contributed by atoms with Crippen LogP contribution in [-0.2, 0) is 4.74 Å². The molecular weight excluding hydrogens is 470 g/mol. The van der Waals surface area contributed by atoms with Crippen LogP contribution in [0.2, 0.25) is 0 Å². The molecule has 5 nitrogen and oxygen atoms in total. The molecular formula is C14H15Br2NO4S2. The second-order valence-electron chi connectivity index (χ2n) is 5.15. The normalized spacial score (nSPS) is 10.5. The van der Waals surface area contributed by atoms with Crippen molar-refractivity contribution in [2.75, 3.05) is 5.32 Å². The van der Waals surface area contributed by atoms with Crippen LogP contribution in [0, 0.1) is 0 Å². The van der Waals surface area contributed by atoms with Crippen LogP contribution in [0.15, 0.2) is 30.5 Å². The zero-order valence-electron chi connectivity index (χ0n) is 12.6. The molecule has 0 saturated carbocycles. The molecule has 9 heteroatoms. The lowest BCUT2D eigenvalue weighted by molar-refractivity contribution is 0.0634. The van der Waals surface area contributed by atoms with Crippen molar-refractivity contribution in [1.82, 2.24) is 0 Å². The van der Waals surface area contributed by atoms with Crippen molar-refractivity contribution >= 4 is 72.3 Å². The van der Waals surface area contributed by atoms with Crippen molar-refractivity contribution in [3.8, 4) is 0 Å². The van der Waals surface area contributed by atoms with E-state index in [0.717, 1.165) is 9.47 Å². The summed E-state index contributed by atoms with van der Waals surface area (Å²) in [5.41, 5.74) is 0.608. The van der Waals surface area contributed by atoms with Gasteiger partial charge >= 0.3 is 12.1 Å². The molecule has 2 aromatic heterocycles. The lowest BCUT2D eigenvalue weighted by Crippen LogP contribution is -2.27. The monoisotopic (exact) mass is 483 g/mol. The van der Waals surface area contributed by atoms with Gasteiger partial charge in [0.25, 0.3) is 0 Å². The number of nitrogens with one attached hydrogen (secondary N) is 1. The molecule has 2 rings (SSSR count). The molecule has 0 atom stereocenters. The lowest BCUT2D eigenvalue weighted by atomic mass is 10.2. The van der Waals surface area contributed by atoms with E-state index < -0.39 is 17.7 Å². The van der Waals surface area contributed by atoms with E-state index in [0.29, 0.717) is 9.35 Å². The third kappa shape index (κ3) is 7.47. The van der Waals surface area contributed by atoms with Gasteiger partial charge in [-0.25, -0.2) is 9.59 Å². The van der Waals surface area contributed by atoms with E-state index in [9.17, 15) is 9.59 Å². The summed E-state index contributed by atoms with van der Waals surface area (Å²) in [6.45, 7) is 5.49. The number of carboxylic acid groups (broad SMARTS) is 1. The standard InChI is InChI=1S/C9H12BrNO2S.C5H3BrO2S/c1-9(2,3)13-8(12)11-6-4-5-14-7(6)10;6-4-3(5(7)8)1-2-9-4/h4-5H,1-3H3,(H,11,12);1-2H,(H,7,8). The molecule has 0 unspecified atom stereocenters. The Kier molecular flexibility index (Phi) is 7.72. The average molecular weight is 485 g/mol. The first-order valence-electron chi connectivity index (χ1n) is 6.29. The van der Waals surface area contributed by atoms with Crippen LogP contribution >= 0.6 is 54.5 Å². The van der Waals surface area contributed by atoms with Crippen molar-refractivity contribution < 1.29 is 19.4 Å². The van der Waals surface area contributed by atoms with Gasteiger partial charge in [-0.05, 0) is 75.5 Å². The zero-order chi connectivity index (χ0) is 17.6. The number of halogens is 2. The molecule has 0 radical (unpaired) electrons. The van der Waals surface area contributed by atoms with Crippen LogP contribution in [0.5, 0.6) is 0 Å². The Morgan fingerprint density at radius 2 is 1.70 bits per heavy atom. The van der Waals surface area contributed by atoms with E-state index in [4.69, 9.17) is 9.84 Å². The molecule has 2 aromatic rings. The number of hydrogen-bond acceptors (Lipinski definition) is 5. The summed E-state index contributed by atoms with van der Waals surface area (Å²) in [5, 5.41) is 14.7. The van der Waals surface area contributed by atoms with Crippen LogP contribution < -0.4 is 5.32 Å². The van der Waals surface area contributed by atoms with Gasteiger partial charge in [0.1, 0.15) is 5.60 Å². The van der Waals surface area contributed by atoms with Gasteiger partial charge in [-0.1, -0.05) is 0 Å². The Bertz CT molecular complexity index is 676. The highest BCUT2D eigenvalue weighted by Crippen LogP contribution is 2.28. The zero-order valence-corrected chi connectivity index (χ0v) is 17.4. The number of carbonyl (C=O) groups is 2. The fourth-order valence-electron chi connectivity index (χ4n) is 1.24. The van der Waals surface area contributed by atoms with Gasteiger partial charge < -0.3 is 9.84 Å². The molecule has 0 aliphatic carbocycles. The number of carbonyl (C=O) groups excluding carboxylic acids is 1. The molecule has 1 amide bonds. The van der Waals surface area contributed by atoms with Crippen molar-refractivity contribution in [3.63, 3.8) is 0 Å². The number of amides is 1. The van der Waals surface area contributed by atoms with Gasteiger partial charge in [-0.2, -0.15) is 0 Å². The minimum atomic E-state index is -0.886. The highest BCUT2D eigenvalue weighted by Gasteiger charge is 2.17. The summed E-state index contributed by atoms with van der Waals surface area (Å²) in [6, 6.07) is 3.38. The second-order valence-corrected chi connectivity index (χ2v) is 9.62. The Balaban J connectivity index is 0.000000253. The van der Waals surface area contributed by atoms with Crippen molar-refractivity contribution in [2.45, 2.75) is 26.4 Å². The summed E-state index contributed by atoms with van der Waals surface area (Å²) in [7, 11) is 0. The topological polar surface area (TPSA) is 75.6 Å². The van der Waals surface area contributed by atoms with Crippen LogP contribution in [0.4, 0.5) is 10.5 Å². The first-order valence-corrected chi connectivity index (χ1v) is 9.64. The summed E-state index contributed by atoms with van der Waals surface area (Å²) in [4.78, 5) is 21.6. The number of aromatic carboxylic acids is 1. The van der Waals surface area contributed by atoms with Gasteiger partial charge in [0.05, 0.1) is 18.8 Å². The van der Waals surface area contributed by atoms with Crippen LogP contribution in [0.3, 0.4) is 0 Å². The molecule has 0 aliphatic heterocycles. The largest absolute Gasteiger partial charge is 0.478 e. The predicted molar refractivity (Wildman–Crippen MR) is 101 cm³/mol. The van der Waals surface area contributed by atoms with Gasteiger partial charge in [0, 0.05) is 0 Å². The molecule has 0 bridgehead atoms. The van der Waals surface area contributed by atoms with E-state index in [-0.39, 0.29) is 0 Å². The Morgan fingerprint density at radius 3 is 2.04 bits per heavy atom. The summed E-state index contributed by atoms with van der Waals surface area (Å²) in [6.07, 6.45) is -0.434. The molecule has 0 fully saturated rings. The smallest absolute Gasteiger partial charge is 0.412 e. The minimum absolute atomic E-state index is 0.333. The van der Waals surface area contributed by atoms with E-state index >= 15 is 0 Å². The van der Waals surface area contributed by atoms with Gasteiger partial charge in [0.2, 0.25) is 0 Å². The highest BCUT2D eigenvalue weighted by molar-refractivity contribution is 9.11. The lowest BCUT2D eigenvalue weighted by Gasteiger charge is -2.19. The van der Waals surface area contributed by atoms with Crippen molar-refractivity contribution in [3.05, 3.63) is 36.0 Å². The molecule has 2 heterocycles. The maximum atomic E-state index is 11.3. The third-order valence-corrected chi connectivity index (χ3v) is 5.48. The first kappa shape index (κ1) is 20.1. The van der Waals surface area contributed by atoms with Crippen LogP contribution in [-0.4, -0.2) is 22.8 Å². The minimum Gasteiger partial charge on any atom is -0.478 e. The van der Waals surface area contributed by atoms with Crippen LogP contribution in [0.1, 0.15) is 31.1 Å². The van der Waals surface area contributed by atoms with E-state index in [1.165, 1.54) is 22.7 Å². The fraction of sp³-hybridized carbons (Fsp3) is 0.286. The molecule has 0 saturated heterocycles. The average Bonchev–Trinajstić information content (AvgIpc) is 2.97. The fourth-order valence-corrected chi connectivity index (χ4v) is 3.60. The number of ether oxygens (including phenoxy) is 1. The number of anilines is 1. The maximum absolute atomic E-state index is 11.3. The van der Waals surface area contributed by atoms with E-state index in [1.807, 2.05) is 32.2 Å². The molecule has 126 valence electrons.